The molecule has 26 heavy (non-hydrogen) atoms. The van der Waals surface area contributed by atoms with Crippen molar-refractivity contribution < 1.29 is 9.15 Å². The molecule has 0 unspecified atom stereocenters. The van der Waals surface area contributed by atoms with E-state index in [-0.39, 0.29) is 0 Å². The maximum atomic E-state index is 12.0. The second-order valence-corrected chi connectivity index (χ2v) is 6.68. The van der Waals surface area contributed by atoms with Gasteiger partial charge in [-0.3, -0.25) is 0 Å². The van der Waals surface area contributed by atoms with Crippen molar-refractivity contribution >= 4 is 11.3 Å². The third-order valence-electron chi connectivity index (χ3n) is 3.82. The number of thiophene rings is 1. The molecule has 0 saturated carbocycles. The van der Waals surface area contributed by atoms with Crippen molar-refractivity contribution in [1.82, 2.24) is 9.78 Å². The largest absolute Gasteiger partial charge is 0.489 e. The minimum Gasteiger partial charge on any atom is -0.489 e. The monoisotopic (exact) mass is 364 g/mol. The molecule has 0 fully saturated rings. The molecule has 0 spiro atoms. The van der Waals surface area contributed by atoms with Gasteiger partial charge in [0.25, 0.3) is 5.89 Å². The molecule has 0 amide bonds. The van der Waals surface area contributed by atoms with Gasteiger partial charge in [-0.2, -0.15) is 4.68 Å². The lowest BCUT2D eigenvalue weighted by Gasteiger charge is -2.08. The summed E-state index contributed by atoms with van der Waals surface area (Å²) in [5.41, 5.74) is 2.02. The van der Waals surface area contributed by atoms with Crippen LogP contribution in [0.4, 0.5) is 0 Å². The fourth-order valence-electron chi connectivity index (χ4n) is 2.55. The number of ether oxygens (including phenoxy) is 1. The molecule has 2 heterocycles. The van der Waals surface area contributed by atoms with Crippen LogP contribution in [0.5, 0.6) is 5.75 Å². The molecule has 6 heteroatoms. The zero-order valence-corrected chi connectivity index (χ0v) is 14.7. The first-order valence-corrected chi connectivity index (χ1v) is 9.03. The predicted molar refractivity (Wildman–Crippen MR) is 100 cm³/mol. The van der Waals surface area contributed by atoms with Gasteiger partial charge in [-0.1, -0.05) is 48.5 Å². The quantitative estimate of drug-likeness (QED) is 0.515. The predicted octanol–water partition coefficient (Wildman–Crippen LogP) is 4.19. The zero-order valence-electron chi connectivity index (χ0n) is 13.9. The van der Waals surface area contributed by atoms with Gasteiger partial charge in [-0.15, -0.1) is 16.4 Å². The minimum atomic E-state index is -0.469. The third kappa shape index (κ3) is 3.75. The van der Waals surface area contributed by atoms with Crippen LogP contribution in [-0.2, 0) is 13.2 Å². The Morgan fingerprint density at radius 1 is 1.00 bits per heavy atom. The molecular weight excluding hydrogens is 348 g/mol. The highest BCUT2D eigenvalue weighted by molar-refractivity contribution is 7.13. The van der Waals surface area contributed by atoms with Gasteiger partial charge in [0, 0.05) is 0 Å². The van der Waals surface area contributed by atoms with Crippen LogP contribution in [0.2, 0.25) is 0 Å². The highest BCUT2D eigenvalue weighted by Crippen LogP contribution is 2.21. The van der Waals surface area contributed by atoms with E-state index in [1.807, 2.05) is 72.1 Å². The van der Waals surface area contributed by atoms with Gasteiger partial charge in [0.15, 0.2) is 0 Å². The number of nitrogens with zero attached hydrogens (tertiary/aromatic N) is 2. The Kier molecular flexibility index (Phi) is 4.66. The number of benzene rings is 2. The Morgan fingerprint density at radius 3 is 2.65 bits per heavy atom. The summed E-state index contributed by atoms with van der Waals surface area (Å²) in [5, 5.41) is 6.20. The summed E-state index contributed by atoms with van der Waals surface area (Å²) in [7, 11) is 0. The lowest BCUT2D eigenvalue weighted by atomic mass is 10.2. The van der Waals surface area contributed by atoms with Crippen LogP contribution >= 0.6 is 11.3 Å². The van der Waals surface area contributed by atoms with E-state index in [1.165, 1.54) is 16.0 Å². The van der Waals surface area contributed by atoms with Gasteiger partial charge in [-0.05, 0) is 34.7 Å². The van der Waals surface area contributed by atoms with Gasteiger partial charge >= 0.3 is 5.76 Å². The number of hydrogen-bond acceptors (Lipinski definition) is 5. The lowest BCUT2D eigenvalue weighted by Crippen LogP contribution is -2.16. The van der Waals surface area contributed by atoms with Gasteiger partial charge in [0.1, 0.15) is 12.4 Å². The van der Waals surface area contributed by atoms with Gasteiger partial charge in [-0.25, -0.2) is 4.79 Å². The highest BCUT2D eigenvalue weighted by Gasteiger charge is 2.11. The van der Waals surface area contributed by atoms with E-state index < -0.39 is 5.76 Å². The van der Waals surface area contributed by atoms with Gasteiger partial charge in [0.05, 0.1) is 11.4 Å². The molecule has 0 radical (unpaired) electrons. The molecule has 5 nitrogen and oxygen atoms in total. The standard InChI is InChI=1S/C20H16N2O3S/c23-20-22(21-19(25-20)18-10-5-11-26-18)13-16-8-4-9-17(12-16)24-14-15-6-2-1-3-7-15/h1-12H,13-14H2. The molecule has 130 valence electrons. The average molecular weight is 364 g/mol. The molecule has 0 aliphatic heterocycles. The van der Waals surface area contributed by atoms with E-state index in [9.17, 15) is 4.79 Å². The molecule has 2 aromatic heterocycles. The molecule has 0 aliphatic carbocycles. The Morgan fingerprint density at radius 2 is 1.85 bits per heavy atom. The molecule has 0 aliphatic rings. The molecule has 0 N–H and O–H groups in total. The Hall–Kier alpha value is -3.12. The van der Waals surface area contributed by atoms with Crippen LogP contribution in [0, 0.1) is 0 Å². The van der Waals surface area contributed by atoms with E-state index in [0.717, 1.165) is 21.8 Å². The van der Waals surface area contributed by atoms with E-state index in [1.54, 1.807) is 0 Å². The summed E-state index contributed by atoms with van der Waals surface area (Å²) < 4.78 is 12.4. The van der Waals surface area contributed by atoms with Crippen molar-refractivity contribution in [2.75, 3.05) is 0 Å². The minimum absolute atomic E-state index is 0.330. The maximum absolute atomic E-state index is 12.0. The molecule has 0 atom stereocenters. The molecular formula is C20H16N2O3S. The summed E-state index contributed by atoms with van der Waals surface area (Å²) in [4.78, 5) is 12.9. The maximum Gasteiger partial charge on any atom is 0.437 e. The van der Waals surface area contributed by atoms with Crippen LogP contribution in [-0.4, -0.2) is 9.78 Å². The molecule has 4 aromatic rings. The Balaban J connectivity index is 1.48. The van der Waals surface area contributed by atoms with E-state index >= 15 is 0 Å². The molecule has 0 bridgehead atoms. The van der Waals surface area contributed by atoms with Crippen LogP contribution in [0.3, 0.4) is 0 Å². The van der Waals surface area contributed by atoms with Crippen molar-refractivity contribution in [3.63, 3.8) is 0 Å². The summed E-state index contributed by atoms with van der Waals surface area (Å²) in [5.74, 6) is 0.631. The number of aromatic nitrogens is 2. The highest BCUT2D eigenvalue weighted by atomic mass is 32.1. The van der Waals surface area contributed by atoms with Crippen molar-refractivity contribution in [1.29, 1.82) is 0 Å². The summed E-state index contributed by atoms with van der Waals surface area (Å²) in [6, 6.07) is 21.4. The third-order valence-corrected chi connectivity index (χ3v) is 4.68. The average Bonchev–Trinajstić information content (AvgIpc) is 3.32. The molecule has 0 saturated heterocycles. The second-order valence-electron chi connectivity index (χ2n) is 5.73. The van der Waals surface area contributed by atoms with E-state index in [4.69, 9.17) is 9.15 Å². The second kappa shape index (κ2) is 7.41. The van der Waals surface area contributed by atoms with Crippen molar-refractivity contribution in [2.45, 2.75) is 13.2 Å². The van der Waals surface area contributed by atoms with Crippen LogP contribution in [0.1, 0.15) is 11.1 Å². The van der Waals surface area contributed by atoms with E-state index in [2.05, 4.69) is 5.10 Å². The summed E-state index contributed by atoms with van der Waals surface area (Å²) in [6.07, 6.45) is 0. The SMILES string of the molecule is O=c1oc(-c2cccs2)nn1Cc1cccc(OCc2ccccc2)c1. The first-order valence-electron chi connectivity index (χ1n) is 8.15. The molecule has 2 aromatic carbocycles. The topological polar surface area (TPSA) is 57.3 Å². The smallest absolute Gasteiger partial charge is 0.437 e. The van der Waals surface area contributed by atoms with E-state index in [0.29, 0.717) is 19.0 Å². The lowest BCUT2D eigenvalue weighted by molar-refractivity contribution is 0.306. The fraction of sp³-hybridized carbons (Fsp3) is 0.100. The normalized spacial score (nSPS) is 10.8. The fourth-order valence-corrected chi connectivity index (χ4v) is 3.20. The Bertz CT molecular complexity index is 1040. The Labute approximate surface area is 154 Å². The zero-order chi connectivity index (χ0) is 17.8. The number of rotatable bonds is 6. The molecule has 4 rings (SSSR count). The van der Waals surface area contributed by atoms with Gasteiger partial charge < -0.3 is 9.15 Å². The van der Waals surface area contributed by atoms with Crippen molar-refractivity contribution in [3.05, 3.63) is 93.8 Å². The number of hydrogen-bond donors (Lipinski definition) is 0. The first kappa shape index (κ1) is 16.4. The van der Waals surface area contributed by atoms with Crippen molar-refractivity contribution in [3.8, 4) is 16.5 Å². The first-order chi connectivity index (χ1) is 12.8. The van der Waals surface area contributed by atoms with Gasteiger partial charge in [0.2, 0.25) is 0 Å². The van der Waals surface area contributed by atoms with Crippen LogP contribution in [0.15, 0.2) is 81.3 Å². The summed E-state index contributed by atoms with van der Waals surface area (Å²) in [6.45, 7) is 0.826. The van der Waals surface area contributed by atoms with Crippen LogP contribution in [0.25, 0.3) is 10.8 Å². The van der Waals surface area contributed by atoms with Crippen LogP contribution < -0.4 is 10.5 Å². The summed E-state index contributed by atoms with van der Waals surface area (Å²) >= 11 is 1.48. The van der Waals surface area contributed by atoms with Crippen molar-refractivity contribution in [2.24, 2.45) is 0 Å².